The van der Waals surface area contributed by atoms with Crippen molar-refractivity contribution in [2.24, 2.45) is 5.92 Å². The summed E-state index contributed by atoms with van der Waals surface area (Å²) >= 11 is 0. The normalized spacial score (nSPS) is 39.1. The van der Waals surface area contributed by atoms with Crippen LogP contribution in [0.4, 0.5) is 0 Å². The second-order valence-corrected chi connectivity index (χ2v) is 7.46. The Morgan fingerprint density at radius 2 is 1.86 bits per heavy atom. The summed E-state index contributed by atoms with van der Waals surface area (Å²) in [5.74, 6) is 0.630. The van der Waals surface area contributed by atoms with Crippen LogP contribution in [-0.4, -0.2) is 11.7 Å². The zero-order valence-electron chi connectivity index (χ0n) is 14.5. The van der Waals surface area contributed by atoms with Crippen LogP contribution in [0, 0.1) is 5.92 Å². The molecule has 1 heteroatoms. The second kappa shape index (κ2) is 6.96. The summed E-state index contributed by atoms with van der Waals surface area (Å²) in [6.45, 7) is 11.4. The predicted octanol–water partition coefficient (Wildman–Crippen LogP) is 5.97. The van der Waals surface area contributed by atoms with E-state index in [9.17, 15) is 0 Å². The van der Waals surface area contributed by atoms with Crippen molar-refractivity contribution in [3.05, 3.63) is 34.9 Å². The summed E-state index contributed by atoms with van der Waals surface area (Å²) in [4.78, 5) is 0. The third kappa shape index (κ3) is 4.85. The molecule has 1 aliphatic carbocycles. The second-order valence-electron chi connectivity index (χ2n) is 7.46. The van der Waals surface area contributed by atoms with E-state index in [4.69, 9.17) is 4.74 Å². The van der Waals surface area contributed by atoms with E-state index in [1.807, 2.05) is 0 Å². The average molecular weight is 288 g/mol. The van der Waals surface area contributed by atoms with Crippen molar-refractivity contribution in [1.29, 1.82) is 0 Å². The molecule has 0 saturated carbocycles. The van der Waals surface area contributed by atoms with Crippen molar-refractivity contribution in [2.75, 3.05) is 0 Å². The maximum atomic E-state index is 6.01. The lowest BCUT2D eigenvalue weighted by molar-refractivity contribution is 0.293. The molecule has 0 unspecified atom stereocenters. The van der Waals surface area contributed by atoms with Gasteiger partial charge in [0, 0.05) is 0 Å². The van der Waals surface area contributed by atoms with E-state index >= 15 is 0 Å². The Kier molecular flexibility index (Phi) is 5.48. The van der Waals surface area contributed by atoms with Gasteiger partial charge in [0.2, 0.25) is 0 Å². The smallest absolute Gasteiger partial charge is 0.0923 e. The van der Waals surface area contributed by atoms with Crippen LogP contribution in [-0.2, 0) is 4.74 Å². The van der Waals surface area contributed by atoms with E-state index in [0.29, 0.717) is 12.0 Å². The molecule has 118 valence electrons. The largest absolute Gasteiger partial charge is 0.366 e. The number of ether oxygens (including phenoxy) is 1. The molecule has 21 heavy (non-hydrogen) atoms. The predicted molar refractivity (Wildman–Crippen MR) is 91.4 cm³/mol. The fourth-order valence-corrected chi connectivity index (χ4v) is 3.17. The van der Waals surface area contributed by atoms with Gasteiger partial charge in [0.05, 0.1) is 11.7 Å². The van der Waals surface area contributed by atoms with Gasteiger partial charge in [-0.1, -0.05) is 48.8 Å². The third-order valence-electron chi connectivity index (χ3n) is 5.10. The van der Waals surface area contributed by atoms with Crippen molar-refractivity contribution in [1.82, 2.24) is 0 Å². The minimum absolute atomic E-state index is 0.136. The van der Waals surface area contributed by atoms with Gasteiger partial charge in [-0.05, 0) is 65.2 Å². The average Bonchev–Trinajstić information content (AvgIpc) is 3.06. The quantitative estimate of drug-likeness (QED) is 0.427. The van der Waals surface area contributed by atoms with Gasteiger partial charge < -0.3 is 4.74 Å². The van der Waals surface area contributed by atoms with Gasteiger partial charge in [-0.15, -0.1) is 0 Å². The first kappa shape index (κ1) is 16.5. The molecule has 0 bridgehead atoms. The van der Waals surface area contributed by atoms with Crippen LogP contribution in [0.25, 0.3) is 0 Å². The van der Waals surface area contributed by atoms with Gasteiger partial charge in [0.25, 0.3) is 0 Å². The van der Waals surface area contributed by atoms with E-state index in [2.05, 4.69) is 52.8 Å². The summed E-state index contributed by atoms with van der Waals surface area (Å²) < 4.78 is 6.01. The maximum absolute atomic E-state index is 6.01. The highest BCUT2D eigenvalue weighted by molar-refractivity contribution is 5.20. The van der Waals surface area contributed by atoms with E-state index < -0.39 is 0 Å². The van der Waals surface area contributed by atoms with E-state index in [1.54, 1.807) is 5.57 Å². The highest BCUT2D eigenvalue weighted by atomic mass is 16.6. The number of epoxide rings is 1. The molecule has 0 aromatic heterocycles. The number of hydrogen-bond acceptors (Lipinski definition) is 1. The first-order chi connectivity index (χ1) is 9.90. The minimum Gasteiger partial charge on any atom is -0.366 e. The molecule has 1 heterocycles. The van der Waals surface area contributed by atoms with Crippen molar-refractivity contribution in [3.8, 4) is 0 Å². The first-order valence-electron chi connectivity index (χ1n) is 8.60. The van der Waals surface area contributed by atoms with Gasteiger partial charge in [0.1, 0.15) is 0 Å². The van der Waals surface area contributed by atoms with Gasteiger partial charge >= 0.3 is 0 Å². The molecule has 2 atom stereocenters. The summed E-state index contributed by atoms with van der Waals surface area (Å²) in [6.07, 6.45) is 14.6. The van der Waals surface area contributed by atoms with Crippen molar-refractivity contribution in [2.45, 2.75) is 84.8 Å². The highest BCUT2D eigenvalue weighted by Crippen LogP contribution is 2.44. The maximum Gasteiger partial charge on any atom is 0.0923 e. The summed E-state index contributed by atoms with van der Waals surface area (Å²) in [5.41, 5.74) is 4.71. The van der Waals surface area contributed by atoms with Gasteiger partial charge in [0.15, 0.2) is 0 Å². The Morgan fingerprint density at radius 3 is 2.57 bits per heavy atom. The van der Waals surface area contributed by atoms with Crippen LogP contribution < -0.4 is 0 Å². The zero-order chi connectivity index (χ0) is 15.5. The van der Waals surface area contributed by atoms with Gasteiger partial charge in [-0.3, -0.25) is 0 Å². The molecule has 2 aliphatic rings. The van der Waals surface area contributed by atoms with Gasteiger partial charge in [-0.2, -0.15) is 0 Å². The Bertz CT molecular complexity index is 452. The fourth-order valence-electron chi connectivity index (χ4n) is 3.17. The third-order valence-corrected chi connectivity index (χ3v) is 5.10. The number of allylic oxidation sites excluding steroid dienone is 6. The fraction of sp³-hybridized carbons (Fsp3) is 0.700. The van der Waals surface area contributed by atoms with E-state index in [1.165, 1.54) is 43.3 Å². The highest BCUT2D eigenvalue weighted by Gasteiger charge is 2.50. The molecule has 0 N–H and O–H groups in total. The van der Waals surface area contributed by atoms with Crippen LogP contribution >= 0.6 is 0 Å². The molecule has 0 radical (unpaired) electrons. The first-order valence-corrected chi connectivity index (χ1v) is 8.60. The lowest BCUT2D eigenvalue weighted by Gasteiger charge is -2.14. The number of hydrogen-bond donors (Lipinski definition) is 0. The molecule has 0 spiro atoms. The van der Waals surface area contributed by atoms with Crippen molar-refractivity contribution < 1.29 is 4.74 Å². The molecule has 0 aromatic carbocycles. The van der Waals surface area contributed by atoms with Crippen molar-refractivity contribution in [3.63, 3.8) is 0 Å². The summed E-state index contributed by atoms with van der Waals surface area (Å²) in [6, 6.07) is 0. The van der Waals surface area contributed by atoms with Gasteiger partial charge in [-0.25, -0.2) is 0 Å². The molecule has 0 amide bonds. The summed E-state index contributed by atoms with van der Waals surface area (Å²) in [5, 5.41) is 0. The number of fused-ring (bicyclic) bond motifs is 1. The van der Waals surface area contributed by atoms with Crippen LogP contribution in [0.5, 0.6) is 0 Å². The SMILES string of the molecule is C/C1=C/C=C(\C(C)C)CC[C@@]2(C)O[C@@H]2CC/C(C)=C/CC1. The minimum atomic E-state index is 0.136. The van der Waals surface area contributed by atoms with Crippen LogP contribution in [0.1, 0.15) is 73.1 Å². The Hall–Kier alpha value is -0.820. The zero-order valence-corrected chi connectivity index (χ0v) is 14.5. The molecule has 1 fully saturated rings. The Balaban J connectivity index is 2.12. The molecule has 2 rings (SSSR count). The van der Waals surface area contributed by atoms with Crippen molar-refractivity contribution >= 4 is 0 Å². The van der Waals surface area contributed by atoms with E-state index in [-0.39, 0.29) is 5.60 Å². The molecule has 1 nitrogen and oxygen atoms in total. The topological polar surface area (TPSA) is 12.5 Å². The van der Waals surface area contributed by atoms with E-state index in [0.717, 1.165) is 6.42 Å². The molecule has 0 aromatic rings. The Labute approximate surface area is 131 Å². The Morgan fingerprint density at radius 1 is 1.10 bits per heavy atom. The van der Waals surface area contributed by atoms with Crippen LogP contribution in [0.3, 0.4) is 0 Å². The summed E-state index contributed by atoms with van der Waals surface area (Å²) in [7, 11) is 0. The number of rotatable bonds is 1. The molecule has 1 saturated heterocycles. The monoisotopic (exact) mass is 288 g/mol. The molecular weight excluding hydrogens is 256 g/mol. The molecular formula is C20H32O. The van der Waals surface area contributed by atoms with Crippen LogP contribution in [0.2, 0.25) is 0 Å². The standard InChI is InChI=1S/C20H32O/c1-15(2)18-11-9-16(3)7-6-8-17(4)10-12-19-20(5,21-19)14-13-18/h8-9,11,15,19H,6-7,10,12-14H2,1-5H3/b16-9-,17-8+,18-11-/t19-,20-/m1/s1. The lowest BCUT2D eigenvalue weighted by atomic mass is 9.90. The lowest BCUT2D eigenvalue weighted by Crippen LogP contribution is -2.11. The molecule has 1 aliphatic heterocycles. The van der Waals surface area contributed by atoms with Crippen LogP contribution in [0.15, 0.2) is 34.9 Å².